The number of nitrogens with one attached hydrogen (secondary N) is 1. The summed E-state index contributed by atoms with van der Waals surface area (Å²) in [4.78, 5) is 25.3. The van der Waals surface area contributed by atoms with Crippen molar-refractivity contribution in [1.82, 2.24) is 9.55 Å². The highest BCUT2D eigenvalue weighted by Gasteiger charge is 2.10. The minimum Gasteiger partial charge on any atom is -0.508 e. The van der Waals surface area contributed by atoms with Gasteiger partial charge in [0.25, 0.3) is 5.56 Å². The van der Waals surface area contributed by atoms with Crippen molar-refractivity contribution in [3.63, 3.8) is 0 Å². The molecule has 0 fully saturated rings. The van der Waals surface area contributed by atoms with E-state index in [0.29, 0.717) is 16.8 Å². The summed E-state index contributed by atoms with van der Waals surface area (Å²) < 4.78 is 1.38. The van der Waals surface area contributed by atoms with Crippen molar-refractivity contribution in [2.24, 2.45) is 7.05 Å². The van der Waals surface area contributed by atoms with Gasteiger partial charge in [0.05, 0.1) is 5.69 Å². The third-order valence-corrected chi connectivity index (χ3v) is 2.70. The van der Waals surface area contributed by atoms with Gasteiger partial charge in [0.2, 0.25) is 0 Å². The third-order valence-electron chi connectivity index (χ3n) is 2.70. The van der Waals surface area contributed by atoms with Crippen LogP contribution in [0.1, 0.15) is 5.56 Å². The van der Waals surface area contributed by atoms with E-state index in [-0.39, 0.29) is 5.75 Å². The van der Waals surface area contributed by atoms with Crippen LogP contribution in [-0.4, -0.2) is 14.7 Å². The highest BCUT2D eigenvalue weighted by atomic mass is 16.3. The molecule has 0 atom stereocenters. The van der Waals surface area contributed by atoms with Crippen LogP contribution in [0.2, 0.25) is 0 Å². The minimum atomic E-state index is -0.455. The molecule has 0 aliphatic heterocycles. The molecule has 0 aliphatic carbocycles. The van der Waals surface area contributed by atoms with E-state index >= 15 is 0 Å². The van der Waals surface area contributed by atoms with Crippen molar-refractivity contribution in [1.29, 1.82) is 0 Å². The number of phenols is 1. The summed E-state index contributed by atoms with van der Waals surface area (Å²) in [5, 5.41) is 9.21. The molecule has 0 unspecified atom stereocenters. The summed E-state index contributed by atoms with van der Waals surface area (Å²) in [5.74, 6) is 0.140. The van der Waals surface area contributed by atoms with Gasteiger partial charge in [0, 0.05) is 12.6 Å². The molecule has 0 amide bonds. The van der Waals surface area contributed by atoms with E-state index in [1.807, 2.05) is 0 Å². The maximum atomic E-state index is 11.5. The van der Waals surface area contributed by atoms with Crippen molar-refractivity contribution in [3.8, 4) is 17.0 Å². The van der Waals surface area contributed by atoms with Crippen LogP contribution in [-0.2, 0) is 7.05 Å². The SMILES string of the molecule is Cc1c(-c2ccc(O)cc2)n(C)c(=O)[nH]c1=O. The Kier molecular flexibility index (Phi) is 2.59. The van der Waals surface area contributed by atoms with Gasteiger partial charge >= 0.3 is 5.69 Å². The van der Waals surface area contributed by atoms with Gasteiger partial charge in [0.15, 0.2) is 0 Å². The van der Waals surface area contributed by atoms with Gasteiger partial charge in [-0.15, -0.1) is 0 Å². The van der Waals surface area contributed by atoms with Crippen LogP contribution in [0.15, 0.2) is 33.9 Å². The Morgan fingerprint density at radius 2 is 1.76 bits per heavy atom. The summed E-state index contributed by atoms with van der Waals surface area (Å²) in [6.45, 7) is 1.65. The molecular weight excluding hydrogens is 220 g/mol. The fourth-order valence-electron chi connectivity index (χ4n) is 1.76. The zero-order valence-electron chi connectivity index (χ0n) is 9.52. The summed E-state index contributed by atoms with van der Waals surface area (Å²) in [6, 6.07) is 6.36. The maximum Gasteiger partial charge on any atom is 0.328 e. The van der Waals surface area contributed by atoms with E-state index in [9.17, 15) is 14.7 Å². The third kappa shape index (κ3) is 1.87. The number of hydrogen-bond acceptors (Lipinski definition) is 3. The Balaban J connectivity index is 2.79. The zero-order valence-corrected chi connectivity index (χ0v) is 9.52. The predicted octanol–water partition coefficient (Wildman–Crippen LogP) is 0.755. The second-order valence-electron chi connectivity index (χ2n) is 3.84. The quantitative estimate of drug-likeness (QED) is 0.762. The van der Waals surface area contributed by atoms with Gasteiger partial charge in [-0.25, -0.2) is 4.79 Å². The highest BCUT2D eigenvalue weighted by Crippen LogP contribution is 2.21. The maximum absolute atomic E-state index is 11.5. The molecule has 5 nitrogen and oxygen atoms in total. The predicted molar refractivity (Wildman–Crippen MR) is 64.1 cm³/mol. The molecule has 0 saturated heterocycles. The largest absolute Gasteiger partial charge is 0.508 e. The first-order valence-corrected chi connectivity index (χ1v) is 5.10. The molecule has 2 aromatic rings. The standard InChI is InChI=1S/C12H12N2O3/c1-7-10(8-3-5-9(15)6-4-8)14(2)12(17)13-11(7)16/h3-6,15H,1-2H3,(H,13,16,17). The van der Waals surface area contributed by atoms with E-state index < -0.39 is 11.2 Å². The lowest BCUT2D eigenvalue weighted by Gasteiger charge is -2.10. The molecule has 1 aromatic carbocycles. The van der Waals surface area contributed by atoms with Crippen molar-refractivity contribution < 1.29 is 5.11 Å². The second kappa shape index (κ2) is 3.93. The number of rotatable bonds is 1. The Bertz CT molecular complexity index is 631. The Hall–Kier alpha value is -2.30. The first-order chi connectivity index (χ1) is 8.00. The molecule has 0 aliphatic rings. The molecule has 0 radical (unpaired) electrons. The summed E-state index contributed by atoms with van der Waals surface area (Å²) in [5.41, 5.74) is 0.891. The lowest BCUT2D eigenvalue weighted by Crippen LogP contribution is -2.31. The average molecular weight is 232 g/mol. The van der Waals surface area contributed by atoms with Gasteiger partial charge in [-0.1, -0.05) is 0 Å². The number of H-pyrrole nitrogens is 1. The number of nitrogens with zero attached hydrogens (tertiary/aromatic N) is 1. The molecule has 2 N–H and O–H groups in total. The van der Waals surface area contributed by atoms with Gasteiger partial charge in [-0.05, 0) is 36.8 Å². The first-order valence-electron chi connectivity index (χ1n) is 5.10. The summed E-state index contributed by atoms with van der Waals surface area (Å²) in [6.07, 6.45) is 0. The monoisotopic (exact) mass is 232 g/mol. The van der Waals surface area contributed by atoms with Gasteiger partial charge in [0.1, 0.15) is 5.75 Å². The summed E-state index contributed by atoms with van der Waals surface area (Å²) >= 11 is 0. The summed E-state index contributed by atoms with van der Waals surface area (Å²) in [7, 11) is 1.59. The van der Waals surface area contributed by atoms with E-state index in [1.54, 1.807) is 26.1 Å². The van der Waals surface area contributed by atoms with Crippen LogP contribution in [0.5, 0.6) is 5.75 Å². The van der Waals surface area contributed by atoms with Crippen molar-refractivity contribution in [2.75, 3.05) is 0 Å². The van der Waals surface area contributed by atoms with Crippen LogP contribution < -0.4 is 11.2 Å². The number of benzene rings is 1. The number of phenolic OH excluding ortho intramolecular Hbond substituents is 1. The second-order valence-corrected chi connectivity index (χ2v) is 3.84. The molecule has 2 rings (SSSR count). The normalized spacial score (nSPS) is 10.5. The van der Waals surface area contributed by atoms with E-state index in [1.165, 1.54) is 16.7 Å². The lowest BCUT2D eigenvalue weighted by molar-refractivity contribution is 0.475. The molecular formula is C12H12N2O3. The molecule has 17 heavy (non-hydrogen) atoms. The highest BCUT2D eigenvalue weighted by molar-refractivity contribution is 5.63. The van der Waals surface area contributed by atoms with Crippen LogP contribution in [0.25, 0.3) is 11.3 Å². The van der Waals surface area contributed by atoms with Gasteiger partial charge < -0.3 is 5.11 Å². The van der Waals surface area contributed by atoms with Crippen molar-refractivity contribution in [2.45, 2.75) is 6.92 Å². The fraction of sp³-hybridized carbons (Fsp3) is 0.167. The fourth-order valence-corrected chi connectivity index (χ4v) is 1.76. The number of aromatic amines is 1. The average Bonchev–Trinajstić information content (AvgIpc) is 2.29. The molecule has 1 heterocycles. The van der Waals surface area contributed by atoms with Gasteiger partial charge in [-0.3, -0.25) is 14.3 Å². The van der Waals surface area contributed by atoms with Crippen LogP contribution in [0.3, 0.4) is 0 Å². The topological polar surface area (TPSA) is 75.1 Å². The zero-order chi connectivity index (χ0) is 12.6. The molecule has 0 saturated carbocycles. The Morgan fingerprint density at radius 3 is 2.35 bits per heavy atom. The van der Waals surface area contributed by atoms with Crippen LogP contribution in [0, 0.1) is 6.92 Å². The molecule has 88 valence electrons. The van der Waals surface area contributed by atoms with Gasteiger partial charge in [-0.2, -0.15) is 0 Å². The number of aromatic nitrogens is 2. The Morgan fingerprint density at radius 1 is 1.18 bits per heavy atom. The van der Waals surface area contributed by atoms with E-state index in [4.69, 9.17) is 0 Å². The first kappa shape index (κ1) is 11.2. The lowest BCUT2D eigenvalue weighted by atomic mass is 10.1. The van der Waals surface area contributed by atoms with Crippen LogP contribution in [0.4, 0.5) is 0 Å². The van der Waals surface area contributed by atoms with E-state index in [0.717, 1.165) is 0 Å². The molecule has 5 heteroatoms. The van der Waals surface area contributed by atoms with Crippen LogP contribution >= 0.6 is 0 Å². The number of hydrogen-bond donors (Lipinski definition) is 2. The van der Waals surface area contributed by atoms with Crippen molar-refractivity contribution in [3.05, 3.63) is 50.7 Å². The molecule has 1 aromatic heterocycles. The van der Waals surface area contributed by atoms with Crippen molar-refractivity contribution >= 4 is 0 Å². The number of aromatic hydroxyl groups is 1. The van der Waals surface area contributed by atoms with E-state index in [2.05, 4.69) is 4.98 Å². The minimum absolute atomic E-state index is 0.140. The smallest absolute Gasteiger partial charge is 0.328 e. The Labute approximate surface area is 97.0 Å². The molecule has 0 spiro atoms. The molecule has 0 bridgehead atoms.